The van der Waals surface area contributed by atoms with Crippen molar-refractivity contribution in [3.8, 4) is 22.8 Å². The van der Waals surface area contributed by atoms with Gasteiger partial charge in [-0.15, -0.1) is 22.7 Å². The van der Waals surface area contributed by atoms with Crippen molar-refractivity contribution in [3.05, 3.63) is 161 Å². The quantitative estimate of drug-likeness (QED) is 0.182. The van der Waals surface area contributed by atoms with E-state index < -0.39 is 5.41 Å². The third-order valence-electron chi connectivity index (χ3n) is 11.2. The molecule has 6 heteroatoms. The highest BCUT2D eigenvalue weighted by Gasteiger charge is 2.43. The van der Waals surface area contributed by atoms with E-state index in [1.165, 1.54) is 62.6 Å². The van der Waals surface area contributed by atoms with Crippen LogP contribution in [0.1, 0.15) is 66.6 Å². The van der Waals surface area contributed by atoms with Crippen molar-refractivity contribution in [3.63, 3.8) is 0 Å². The maximum absolute atomic E-state index is 7.00. The molecule has 254 valence electrons. The van der Waals surface area contributed by atoms with E-state index in [0.717, 1.165) is 41.3 Å². The number of nitrogens with zero attached hydrogens (tertiary/aromatic N) is 3. The van der Waals surface area contributed by atoms with Crippen LogP contribution < -0.4 is 0 Å². The van der Waals surface area contributed by atoms with Crippen molar-refractivity contribution in [1.29, 1.82) is 0 Å². The molecule has 2 unspecified atom stereocenters. The third kappa shape index (κ3) is 4.69. The second-order valence-corrected chi connectivity index (χ2v) is 16.7. The molecule has 2 aliphatic rings. The van der Waals surface area contributed by atoms with Gasteiger partial charge in [-0.3, -0.25) is 0 Å². The van der Waals surface area contributed by atoms with Gasteiger partial charge in [0.25, 0.3) is 0 Å². The molecule has 0 saturated carbocycles. The molecule has 4 heterocycles. The van der Waals surface area contributed by atoms with Gasteiger partial charge in [-0.2, -0.15) is 0 Å². The lowest BCUT2D eigenvalue weighted by Gasteiger charge is -2.32. The highest BCUT2D eigenvalue weighted by atomic mass is 32.1. The van der Waals surface area contributed by atoms with E-state index in [0.29, 0.717) is 11.6 Å². The number of thiophene rings is 2. The number of hydrogen-bond donors (Lipinski definition) is 0. The van der Waals surface area contributed by atoms with Gasteiger partial charge in [0.2, 0.25) is 0 Å². The number of aromatic nitrogens is 3. The van der Waals surface area contributed by atoms with Gasteiger partial charge in [0.1, 0.15) is 17.3 Å². The SMILES string of the molecule is CC1CC=C(c2cccc3c2sc2ccccc23)c2oc3c(c21)C(C)(c1nc(-c2ccccc2)nc(-c2ccc4sc5ccccc5c4c2)n1)CC=C3. The van der Waals surface area contributed by atoms with Gasteiger partial charge in [0.15, 0.2) is 11.6 Å². The van der Waals surface area contributed by atoms with E-state index in [-0.39, 0.29) is 5.92 Å². The van der Waals surface area contributed by atoms with Crippen molar-refractivity contribution in [1.82, 2.24) is 15.0 Å². The number of fused-ring (bicyclic) bond motifs is 9. The zero-order valence-electron chi connectivity index (χ0n) is 29.3. The summed E-state index contributed by atoms with van der Waals surface area (Å²) in [4.78, 5) is 15.8. The van der Waals surface area contributed by atoms with Gasteiger partial charge in [0.05, 0.1) is 5.41 Å². The minimum Gasteiger partial charge on any atom is -0.456 e. The maximum atomic E-state index is 7.00. The Labute approximate surface area is 314 Å². The molecule has 9 aromatic rings. The average Bonchev–Trinajstić information content (AvgIpc) is 3.91. The van der Waals surface area contributed by atoms with Crippen LogP contribution in [-0.4, -0.2) is 15.0 Å². The molecule has 11 rings (SSSR count). The van der Waals surface area contributed by atoms with Crippen molar-refractivity contribution in [2.24, 2.45) is 0 Å². The molecule has 53 heavy (non-hydrogen) atoms. The van der Waals surface area contributed by atoms with Crippen LogP contribution in [-0.2, 0) is 5.41 Å². The minimum atomic E-state index is -0.540. The third-order valence-corrected chi connectivity index (χ3v) is 13.6. The summed E-state index contributed by atoms with van der Waals surface area (Å²) in [6, 6.07) is 41.0. The first kappa shape index (κ1) is 30.9. The lowest BCUT2D eigenvalue weighted by molar-refractivity contribution is 0.494. The van der Waals surface area contributed by atoms with E-state index in [4.69, 9.17) is 19.4 Å². The average molecular weight is 720 g/mol. The Morgan fingerprint density at radius 1 is 0.679 bits per heavy atom. The monoisotopic (exact) mass is 719 g/mol. The zero-order chi connectivity index (χ0) is 35.3. The standard InChI is InChI=1S/C47H33N3OS2/c1-27-21-23-32(34-17-10-16-33-30-14-6-9-20-38(30)53-43(33)34)42-40(27)41-36(51-42)18-11-25-47(41,2)46-49-44(28-12-4-3-5-13-28)48-45(50-46)29-22-24-39-35(26-29)31-15-7-8-19-37(31)52-39/h3-20,22-24,26-27H,21,25H2,1-2H3. The Morgan fingerprint density at radius 3 is 2.21 bits per heavy atom. The van der Waals surface area contributed by atoms with E-state index in [1.54, 1.807) is 0 Å². The molecule has 0 spiro atoms. The van der Waals surface area contributed by atoms with Crippen LogP contribution >= 0.6 is 22.7 Å². The fourth-order valence-electron chi connectivity index (χ4n) is 8.56. The summed E-state index contributed by atoms with van der Waals surface area (Å²) in [5, 5.41) is 5.09. The number of hydrogen-bond acceptors (Lipinski definition) is 6. The molecule has 2 aliphatic carbocycles. The Hall–Kier alpha value is -5.69. The van der Waals surface area contributed by atoms with Crippen molar-refractivity contribution in [2.45, 2.75) is 38.0 Å². The summed E-state index contributed by atoms with van der Waals surface area (Å²) >= 11 is 3.69. The molecule has 4 aromatic heterocycles. The van der Waals surface area contributed by atoms with Crippen LogP contribution in [0.15, 0.2) is 132 Å². The molecule has 0 saturated heterocycles. The fraction of sp³-hybridized carbons (Fsp3) is 0.128. The molecule has 0 aliphatic heterocycles. The summed E-state index contributed by atoms with van der Waals surface area (Å²) < 4.78 is 12.1. The molecule has 5 aromatic carbocycles. The fourth-order valence-corrected chi connectivity index (χ4v) is 10.9. The number of allylic oxidation sites excluding steroid dienone is 2. The van der Waals surface area contributed by atoms with Gasteiger partial charge in [0, 0.05) is 73.7 Å². The van der Waals surface area contributed by atoms with E-state index >= 15 is 0 Å². The Balaban J connectivity index is 1.10. The second-order valence-electron chi connectivity index (χ2n) is 14.5. The molecule has 0 amide bonds. The Bertz CT molecular complexity index is 3000. The van der Waals surface area contributed by atoms with Gasteiger partial charge >= 0.3 is 0 Å². The predicted molar refractivity (Wildman–Crippen MR) is 222 cm³/mol. The number of benzene rings is 5. The normalized spacial score (nSPS) is 18.2. The predicted octanol–water partition coefficient (Wildman–Crippen LogP) is 13.2. The first-order chi connectivity index (χ1) is 26.0. The zero-order valence-corrected chi connectivity index (χ0v) is 30.9. The summed E-state index contributed by atoms with van der Waals surface area (Å²) in [5.74, 6) is 4.29. The number of rotatable bonds is 4. The minimum absolute atomic E-state index is 0.276. The van der Waals surface area contributed by atoms with Gasteiger partial charge in [-0.25, -0.2) is 15.0 Å². The van der Waals surface area contributed by atoms with E-state index in [2.05, 4.69) is 129 Å². The molecular weight excluding hydrogens is 687 g/mol. The lowest BCUT2D eigenvalue weighted by Crippen LogP contribution is -2.30. The summed E-state index contributed by atoms with van der Waals surface area (Å²) in [5.41, 5.74) is 6.31. The van der Waals surface area contributed by atoms with E-state index in [1.807, 2.05) is 40.9 Å². The molecular formula is C47H33N3OS2. The van der Waals surface area contributed by atoms with Crippen molar-refractivity contribution < 1.29 is 4.42 Å². The van der Waals surface area contributed by atoms with Crippen LogP contribution in [0, 0.1) is 0 Å². The highest BCUT2D eigenvalue weighted by Crippen LogP contribution is 2.52. The van der Waals surface area contributed by atoms with Gasteiger partial charge in [-0.1, -0.05) is 104 Å². The lowest BCUT2D eigenvalue weighted by atomic mass is 9.70. The molecule has 4 nitrogen and oxygen atoms in total. The second kappa shape index (κ2) is 11.7. The smallest absolute Gasteiger partial charge is 0.163 e. The molecule has 0 bridgehead atoms. The molecule has 0 N–H and O–H groups in total. The van der Waals surface area contributed by atoms with Crippen LogP contribution in [0.3, 0.4) is 0 Å². The van der Waals surface area contributed by atoms with E-state index in [9.17, 15) is 0 Å². The van der Waals surface area contributed by atoms with Crippen molar-refractivity contribution >= 4 is 74.7 Å². The van der Waals surface area contributed by atoms with Crippen LogP contribution in [0.25, 0.3) is 74.8 Å². The van der Waals surface area contributed by atoms with Crippen LogP contribution in [0.4, 0.5) is 0 Å². The summed E-state index contributed by atoms with van der Waals surface area (Å²) in [6.45, 7) is 4.63. The molecule has 2 atom stereocenters. The molecule has 0 fully saturated rings. The Morgan fingerprint density at radius 2 is 1.38 bits per heavy atom. The largest absolute Gasteiger partial charge is 0.456 e. The van der Waals surface area contributed by atoms with Crippen LogP contribution in [0.2, 0.25) is 0 Å². The van der Waals surface area contributed by atoms with Gasteiger partial charge in [-0.05, 0) is 62.1 Å². The molecule has 0 radical (unpaired) electrons. The first-order valence-corrected chi connectivity index (χ1v) is 19.9. The maximum Gasteiger partial charge on any atom is 0.163 e. The number of furan rings is 1. The van der Waals surface area contributed by atoms with Crippen LogP contribution in [0.5, 0.6) is 0 Å². The first-order valence-electron chi connectivity index (χ1n) is 18.2. The topological polar surface area (TPSA) is 51.8 Å². The summed E-state index contributed by atoms with van der Waals surface area (Å²) in [7, 11) is 0. The highest BCUT2D eigenvalue weighted by molar-refractivity contribution is 7.26. The van der Waals surface area contributed by atoms with Crippen molar-refractivity contribution in [2.75, 3.05) is 0 Å². The van der Waals surface area contributed by atoms with Gasteiger partial charge < -0.3 is 4.42 Å². The summed E-state index contributed by atoms with van der Waals surface area (Å²) in [6.07, 6.45) is 8.47. The Kier molecular flexibility index (Phi) is 6.79.